The number of methoxy groups -OCH3 is 1. The Hall–Kier alpha value is -3.46. The molecule has 0 atom stereocenters. The Bertz CT molecular complexity index is 1160. The van der Waals surface area contributed by atoms with Crippen LogP contribution in [0.4, 0.5) is 10.1 Å². The Morgan fingerprint density at radius 3 is 2.66 bits per heavy atom. The number of ether oxygens (including phenoxy) is 1. The molecular formula is C20H16FN5O2S. The Morgan fingerprint density at radius 1 is 1.10 bits per heavy atom. The van der Waals surface area contributed by atoms with Crippen LogP contribution in [0.5, 0.6) is 5.75 Å². The van der Waals surface area contributed by atoms with Crippen LogP contribution in [0.1, 0.15) is 0 Å². The molecule has 0 saturated heterocycles. The number of aromatic nitrogens is 4. The SMILES string of the molecule is COc1ccc(-c2nnc3ccc(SCC(=O)Nc4ccccc4F)nn23)cc1. The number of benzene rings is 2. The molecule has 0 unspecified atom stereocenters. The number of rotatable bonds is 6. The molecule has 2 aromatic carbocycles. The van der Waals surface area contributed by atoms with Gasteiger partial charge >= 0.3 is 0 Å². The van der Waals surface area contributed by atoms with Crippen molar-refractivity contribution in [2.24, 2.45) is 0 Å². The summed E-state index contributed by atoms with van der Waals surface area (Å²) in [4.78, 5) is 12.1. The number of amides is 1. The van der Waals surface area contributed by atoms with Crippen molar-refractivity contribution in [2.45, 2.75) is 5.03 Å². The maximum atomic E-state index is 13.6. The third-order valence-corrected chi connectivity index (χ3v) is 5.01. The first kappa shape index (κ1) is 18.9. The van der Waals surface area contributed by atoms with Crippen LogP contribution in [0.15, 0.2) is 65.7 Å². The minimum Gasteiger partial charge on any atom is -0.497 e. The molecule has 0 aliphatic carbocycles. The van der Waals surface area contributed by atoms with E-state index in [0.717, 1.165) is 11.3 Å². The molecule has 0 spiro atoms. The van der Waals surface area contributed by atoms with Crippen molar-refractivity contribution in [3.8, 4) is 17.1 Å². The summed E-state index contributed by atoms with van der Waals surface area (Å²) < 4.78 is 20.4. The van der Waals surface area contributed by atoms with E-state index in [-0.39, 0.29) is 17.3 Å². The smallest absolute Gasteiger partial charge is 0.234 e. The number of carbonyl (C=O) groups is 1. The number of thioether (sulfide) groups is 1. The van der Waals surface area contributed by atoms with Gasteiger partial charge in [0.1, 0.15) is 16.6 Å². The van der Waals surface area contributed by atoms with Crippen molar-refractivity contribution in [1.82, 2.24) is 19.8 Å². The molecule has 4 aromatic rings. The number of carbonyl (C=O) groups excluding carboxylic acids is 1. The van der Waals surface area contributed by atoms with Gasteiger partial charge in [-0.25, -0.2) is 4.39 Å². The molecule has 2 heterocycles. The highest BCUT2D eigenvalue weighted by molar-refractivity contribution is 7.99. The molecule has 9 heteroatoms. The third-order valence-electron chi connectivity index (χ3n) is 4.09. The quantitative estimate of drug-likeness (QED) is 0.490. The van der Waals surface area contributed by atoms with Gasteiger partial charge in [-0.05, 0) is 48.5 Å². The Labute approximate surface area is 169 Å². The van der Waals surface area contributed by atoms with Crippen LogP contribution in [0.3, 0.4) is 0 Å². The van der Waals surface area contributed by atoms with Gasteiger partial charge in [0.05, 0.1) is 18.6 Å². The maximum Gasteiger partial charge on any atom is 0.234 e. The lowest BCUT2D eigenvalue weighted by Gasteiger charge is -2.06. The van der Waals surface area contributed by atoms with Gasteiger partial charge in [0.25, 0.3) is 0 Å². The molecule has 1 N–H and O–H groups in total. The predicted molar refractivity (Wildman–Crippen MR) is 109 cm³/mol. The predicted octanol–water partition coefficient (Wildman–Crippen LogP) is 3.67. The molecule has 0 bridgehead atoms. The van der Waals surface area contributed by atoms with Crippen molar-refractivity contribution in [3.05, 3.63) is 66.5 Å². The third kappa shape index (κ3) is 4.19. The first-order chi connectivity index (χ1) is 14.1. The molecular weight excluding hydrogens is 393 g/mol. The normalized spacial score (nSPS) is 10.8. The van der Waals surface area contributed by atoms with Gasteiger partial charge in [0.15, 0.2) is 11.5 Å². The van der Waals surface area contributed by atoms with E-state index < -0.39 is 5.82 Å². The zero-order valence-corrected chi connectivity index (χ0v) is 16.2. The van der Waals surface area contributed by atoms with Gasteiger partial charge in [0, 0.05) is 5.56 Å². The molecule has 29 heavy (non-hydrogen) atoms. The molecule has 1 amide bonds. The standard InChI is InChI=1S/C20H16FN5O2S/c1-28-14-8-6-13(7-9-14)20-24-23-17-10-11-19(25-26(17)20)29-12-18(27)22-16-5-3-2-4-15(16)21/h2-11H,12H2,1H3,(H,22,27). The molecule has 4 rings (SSSR count). The lowest BCUT2D eigenvalue weighted by molar-refractivity contribution is -0.113. The van der Waals surface area contributed by atoms with E-state index in [0.29, 0.717) is 16.5 Å². The van der Waals surface area contributed by atoms with E-state index in [9.17, 15) is 9.18 Å². The van der Waals surface area contributed by atoms with Crippen LogP contribution in [-0.4, -0.2) is 38.6 Å². The number of fused-ring (bicyclic) bond motifs is 1. The summed E-state index contributed by atoms with van der Waals surface area (Å²) >= 11 is 1.24. The molecule has 0 aliphatic rings. The average molecular weight is 409 g/mol. The first-order valence-corrected chi connectivity index (χ1v) is 9.66. The monoisotopic (exact) mass is 409 g/mol. The van der Waals surface area contributed by atoms with Crippen LogP contribution in [0.2, 0.25) is 0 Å². The number of anilines is 1. The minimum atomic E-state index is -0.473. The number of para-hydroxylation sites is 1. The zero-order chi connectivity index (χ0) is 20.2. The van der Waals surface area contributed by atoms with E-state index in [2.05, 4.69) is 20.6 Å². The molecule has 146 valence electrons. The van der Waals surface area contributed by atoms with Gasteiger partial charge in [-0.3, -0.25) is 4.79 Å². The number of halogens is 1. The van der Waals surface area contributed by atoms with Crippen LogP contribution in [0.25, 0.3) is 17.0 Å². The van der Waals surface area contributed by atoms with Crippen LogP contribution >= 0.6 is 11.8 Å². The second kappa shape index (κ2) is 8.27. The summed E-state index contributed by atoms with van der Waals surface area (Å²) in [5, 5.41) is 16.0. The molecule has 0 saturated carbocycles. The first-order valence-electron chi connectivity index (χ1n) is 8.68. The fourth-order valence-electron chi connectivity index (χ4n) is 2.66. The highest BCUT2D eigenvalue weighted by atomic mass is 32.2. The van der Waals surface area contributed by atoms with Gasteiger partial charge in [-0.1, -0.05) is 23.9 Å². The Morgan fingerprint density at radius 2 is 1.90 bits per heavy atom. The topological polar surface area (TPSA) is 81.4 Å². The number of nitrogens with one attached hydrogen (secondary N) is 1. The Balaban J connectivity index is 1.49. The molecule has 0 fully saturated rings. The summed E-state index contributed by atoms with van der Waals surface area (Å²) in [6.07, 6.45) is 0. The highest BCUT2D eigenvalue weighted by Gasteiger charge is 2.12. The second-order valence-electron chi connectivity index (χ2n) is 6.01. The summed E-state index contributed by atoms with van der Waals surface area (Å²) in [5.41, 5.74) is 1.59. The van der Waals surface area contributed by atoms with Crippen molar-refractivity contribution in [1.29, 1.82) is 0 Å². The van der Waals surface area contributed by atoms with E-state index in [1.807, 2.05) is 24.3 Å². The molecule has 2 aromatic heterocycles. The van der Waals surface area contributed by atoms with Gasteiger partial charge < -0.3 is 10.1 Å². The van der Waals surface area contributed by atoms with Gasteiger partial charge in [-0.2, -0.15) is 9.61 Å². The van der Waals surface area contributed by atoms with Crippen molar-refractivity contribution in [2.75, 3.05) is 18.2 Å². The number of nitrogens with zero attached hydrogens (tertiary/aromatic N) is 4. The fraction of sp³-hybridized carbons (Fsp3) is 0.100. The van der Waals surface area contributed by atoms with E-state index >= 15 is 0 Å². The lowest BCUT2D eigenvalue weighted by atomic mass is 10.2. The van der Waals surface area contributed by atoms with Crippen LogP contribution in [0, 0.1) is 5.82 Å². The van der Waals surface area contributed by atoms with E-state index in [4.69, 9.17) is 4.74 Å². The lowest BCUT2D eigenvalue weighted by Crippen LogP contribution is -2.15. The van der Waals surface area contributed by atoms with Gasteiger partial charge in [0.2, 0.25) is 5.91 Å². The van der Waals surface area contributed by atoms with Crippen molar-refractivity contribution < 1.29 is 13.9 Å². The van der Waals surface area contributed by atoms with E-state index in [1.54, 1.807) is 35.9 Å². The van der Waals surface area contributed by atoms with Crippen molar-refractivity contribution in [3.63, 3.8) is 0 Å². The average Bonchev–Trinajstić information content (AvgIpc) is 3.17. The van der Waals surface area contributed by atoms with E-state index in [1.165, 1.54) is 23.9 Å². The van der Waals surface area contributed by atoms with Gasteiger partial charge in [-0.15, -0.1) is 10.2 Å². The zero-order valence-electron chi connectivity index (χ0n) is 15.4. The molecule has 0 radical (unpaired) electrons. The number of hydrogen-bond acceptors (Lipinski definition) is 6. The molecule has 7 nitrogen and oxygen atoms in total. The van der Waals surface area contributed by atoms with Crippen LogP contribution in [-0.2, 0) is 4.79 Å². The fourth-order valence-corrected chi connectivity index (χ4v) is 3.31. The summed E-state index contributed by atoms with van der Waals surface area (Å²) in [6.45, 7) is 0. The highest BCUT2D eigenvalue weighted by Crippen LogP contribution is 2.23. The molecule has 0 aliphatic heterocycles. The van der Waals surface area contributed by atoms with Crippen molar-refractivity contribution >= 4 is 29.0 Å². The second-order valence-corrected chi connectivity index (χ2v) is 7.01. The number of hydrogen-bond donors (Lipinski definition) is 1. The minimum absolute atomic E-state index is 0.0901. The maximum absolute atomic E-state index is 13.6. The summed E-state index contributed by atoms with van der Waals surface area (Å²) in [6, 6.07) is 17.0. The van der Waals surface area contributed by atoms with Crippen LogP contribution < -0.4 is 10.1 Å². The largest absolute Gasteiger partial charge is 0.497 e. The Kier molecular flexibility index (Phi) is 5.39. The summed E-state index contributed by atoms with van der Waals surface area (Å²) in [7, 11) is 1.61. The summed E-state index contributed by atoms with van der Waals surface area (Å²) in [5.74, 6) is 0.626.